The van der Waals surface area contributed by atoms with Crippen molar-refractivity contribution < 1.29 is 17.2 Å². The normalized spacial score (nSPS) is 15.6. The number of sulfonamides is 1. The minimum absolute atomic E-state index is 0.0236. The van der Waals surface area contributed by atoms with Crippen LogP contribution in [0.2, 0.25) is 5.02 Å². The van der Waals surface area contributed by atoms with Gasteiger partial charge in [-0.2, -0.15) is 4.31 Å². The van der Waals surface area contributed by atoms with Crippen LogP contribution < -0.4 is 0 Å². The number of halogens is 3. The molecule has 2 heterocycles. The fraction of sp³-hybridized carbons (Fsp3) is 0.286. The van der Waals surface area contributed by atoms with Crippen molar-refractivity contribution in [2.24, 2.45) is 0 Å². The Morgan fingerprint density at radius 3 is 2.42 bits per heavy atom. The van der Waals surface area contributed by atoms with E-state index in [-0.39, 0.29) is 16.6 Å². The minimum Gasteiger partial charge on any atom is -0.340 e. The zero-order valence-electron chi connectivity index (χ0n) is 20.1. The van der Waals surface area contributed by atoms with Gasteiger partial charge in [0.05, 0.1) is 11.4 Å². The molecule has 0 spiro atoms. The molecule has 4 aromatic rings. The van der Waals surface area contributed by atoms with Crippen molar-refractivity contribution in [1.29, 1.82) is 0 Å². The summed E-state index contributed by atoms with van der Waals surface area (Å²) in [5.41, 5.74) is 4.16. The molecule has 0 N–H and O–H groups in total. The van der Waals surface area contributed by atoms with E-state index >= 15 is 0 Å². The van der Waals surface area contributed by atoms with Gasteiger partial charge >= 0.3 is 0 Å². The highest BCUT2D eigenvalue weighted by Crippen LogP contribution is 2.39. The molecule has 0 saturated carbocycles. The van der Waals surface area contributed by atoms with Gasteiger partial charge in [-0.3, -0.25) is 0 Å². The molecule has 1 fully saturated rings. The van der Waals surface area contributed by atoms with Gasteiger partial charge in [0.15, 0.2) is 0 Å². The van der Waals surface area contributed by atoms with Gasteiger partial charge in [0.1, 0.15) is 11.6 Å². The maximum Gasteiger partial charge on any atom is 0.243 e. The van der Waals surface area contributed by atoms with Crippen molar-refractivity contribution >= 4 is 32.5 Å². The standard InChI is InChI=1S/C28H27ClF2N2O2S/c1-18-10-11-21(30)16-27(18)36(34,35)32-14-12-20(13-15-32)28-19(2)33(26-9-4-3-6-22(26)28)17-23-24(29)7-5-8-25(23)31/h3-11,16,20H,12-15,17H2,1-2H3. The van der Waals surface area contributed by atoms with Crippen LogP contribution in [0.1, 0.15) is 41.1 Å². The smallest absolute Gasteiger partial charge is 0.243 e. The summed E-state index contributed by atoms with van der Waals surface area (Å²) in [7, 11) is -3.79. The lowest BCUT2D eigenvalue weighted by Gasteiger charge is -2.32. The molecule has 1 saturated heterocycles. The zero-order chi connectivity index (χ0) is 25.6. The molecule has 0 radical (unpaired) electrons. The molecular formula is C28H27ClF2N2O2S. The van der Waals surface area contributed by atoms with Crippen LogP contribution in [0.4, 0.5) is 8.78 Å². The van der Waals surface area contributed by atoms with E-state index in [9.17, 15) is 17.2 Å². The highest BCUT2D eigenvalue weighted by Gasteiger charge is 2.33. The van der Waals surface area contributed by atoms with Gasteiger partial charge in [-0.1, -0.05) is 41.9 Å². The van der Waals surface area contributed by atoms with Crippen LogP contribution >= 0.6 is 11.6 Å². The summed E-state index contributed by atoms with van der Waals surface area (Å²) in [5, 5.41) is 1.48. The maximum absolute atomic E-state index is 14.6. The lowest BCUT2D eigenvalue weighted by Crippen LogP contribution is -2.38. The van der Waals surface area contributed by atoms with Crippen molar-refractivity contribution in [1.82, 2.24) is 8.87 Å². The minimum atomic E-state index is -3.79. The Bertz CT molecular complexity index is 1540. The molecule has 0 unspecified atom stereocenters. The summed E-state index contributed by atoms with van der Waals surface area (Å²) >= 11 is 6.33. The largest absolute Gasteiger partial charge is 0.340 e. The first-order chi connectivity index (χ1) is 17.2. The Labute approximate surface area is 215 Å². The van der Waals surface area contributed by atoms with Gasteiger partial charge in [-0.15, -0.1) is 0 Å². The lowest BCUT2D eigenvalue weighted by atomic mass is 9.88. The van der Waals surface area contributed by atoms with Crippen LogP contribution in [-0.4, -0.2) is 30.4 Å². The average Bonchev–Trinajstić information content (AvgIpc) is 3.14. The molecule has 36 heavy (non-hydrogen) atoms. The van der Waals surface area contributed by atoms with Gasteiger partial charge in [0.25, 0.3) is 0 Å². The van der Waals surface area contributed by atoms with E-state index in [1.165, 1.54) is 22.5 Å². The van der Waals surface area contributed by atoms with E-state index in [0.29, 0.717) is 48.6 Å². The number of fused-ring (bicyclic) bond motifs is 1. The van der Waals surface area contributed by atoms with Crippen LogP contribution in [0.3, 0.4) is 0 Å². The first kappa shape index (κ1) is 24.9. The third-order valence-corrected chi connectivity index (χ3v) is 9.68. The van der Waals surface area contributed by atoms with Crippen LogP contribution in [0.5, 0.6) is 0 Å². The first-order valence-electron chi connectivity index (χ1n) is 12.0. The third-order valence-electron chi connectivity index (χ3n) is 7.29. The number of hydrogen-bond acceptors (Lipinski definition) is 2. The SMILES string of the molecule is Cc1ccc(F)cc1S(=O)(=O)N1CCC(c2c(C)n(Cc3c(F)cccc3Cl)c3ccccc23)CC1. The second-order valence-corrected chi connectivity index (χ2v) is 11.7. The van der Waals surface area contributed by atoms with Gasteiger partial charge in [-0.05, 0) is 74.1 Å². The molecule has 0 atom stereocenters. The summed E-state index contributed by atoms with van der Waals surface area (Å²) in [6, 6.07) is 16.6. The van der Waals surface area contributed by atoms with Crippen molar-refractivity contribution in [2.75, 3.05) is 13.1 Å². The maximum atomic E-state index is 14.6. The summed E-state index contributed by atoms with van der Waals surface area (Å²) in [4.78, 5) is 0.0236. The molecule has 0 aliphatic carbocycles. The quantitative estimate of drug-likeness (QED) is 0.286. The molecule has 3 aromatic carbocycles. The zero-order valence-corrected chi connectivity index (χ0v) is 21.7. The fourth-order valence-corrected chi connectivity index (χ4v) is 7.32. The predicted octanol–water partition coefficient (Wildman–Crippen LogP) is 6.81. The summed E-state index contributed by atoms with van der Waals surface area (Å²) in [6.07, 6.45) is 1.28. The Kier molecular flexibility index (Phi) is 6.66. The number of benzene rings is 3. The highest BCUT2D eigenvalue weighted by atomic mass is 35.5. The summed E-state index contributed by atoms with van der Waals surface area (Å²) < 4.78 is 58.5. The van der Waals surface area contributed by atoms with E-state index < -0.39 is 15.8 Å². The Morgan fingerprint density at radius 1 is 0.972 bits per heavy atom. The van der Waals surface area contributed by atoms with E-state index in [2.05, 4.69) is 10.6 Å². The number of hydrogen-bond donors (Lipinski definition) is 0. The fourth-order valence-electron chi connectivity index (χ4n) is 5.39. The summed E-state index contributed by atoms with van der Waals surface area (Å²) in [5.74, 6) is -0.757. The van der Waals surface area contributed by atoms with E-state index in [1.54, 1.807) is 19.1 Å². The van der Waals surface area contributed by atoms with E-state index in [4.69, 9.17) is 11.6 Å². The molecule has 8 heteroatoms. The van der Waals surface area contributed by atoms with Crippen LogP contribution in [0, 0.1) is 25.5 Å². The van der Waals surface area contributed by atoms with Crippen LogP contribution in [0.25, 0.3) is 10.9 Å². The number of para-hydroxylation sites is 1. The summed E-state index contributed by atoms with van der Waals surface area (Å²) in [6.45, 7) is 4.72. The molecule has 1 aliphatic heterocycles. The Hall–Kier alpha value is -2.74. The number of aryl methyl sites for hydroxylation is 1. The monoisotopic (exact) mass is 528 g/mol. The van der Waals surface area contributed by atoms with Gasteiger partial charge in [0, 0.05) is 40.3 Å². The second-order valence-electron chi connectivity index (χ2n) is 9.39. The average molecular weight is 529 g/mol. The molecule has 0 bridgehead atoms. The molecule has 188 valence electrons. The van der Waals surface area contributed by atoms with Crippen molar-refractivity contribution in [3.8, 4) is 0 Å². The second kappa shape index (κ2) is 9.61. The Morgan fingerprint density at radius 2 is 1.69 bits per heavy atom. The number of rotatable bonds is 5. The van der Waals surface area contributed by atoms with Crippen LogP contribution in [0.15, 0.2) is 65.6 Å². The highest BCUT2D eigenvalue weighted by molar-refractivity contribution is 7.89. The molecule has 5 rings (SSSR count). The topological polar surface area (TPSA) is 42.3 Å². The molecular weight excluding hydrogens is 502 g/mol. The molecule has 4 nitrogen and oxygen atoms in total. The van der Waals surface area contributed by atoms with E-state index in [0.717, 1.165) is 28.2 Å². The van der Waals surface area contributed by atoms with Crippen molar-refractivity contribution in [3.63, 3.8) is 0 Å². The Balaban J connectivity index is 1.46. The van der Waals surface area contributed by atoms with E-state index in [1.807, 2.05) is 25.1 Å². The van der Waals surface area contributed by atoms with Crippen LogP contribution in [-0.2, 0) is 16.6 Å². The molecule has 1 aromatic heterocycles. The predicted molar refractivity (Wildman–Crippen MR) is 139 cm³/mol. The van der Waals surface area contributed by atoms with Crippen molar-refractivity contribution in [2.45, 2.75) is 44.0 Å². The molecule has 1 aliphatic rings. The lowest BCUT2D eigenvalue weighted by molar-refractivity contribution is 0.319. The number of nitrogens with zero attached hydrogens (tertiary/aromatic N) is 2. The number of aromatic nitrogens is 1. The third kappa shape index (κ3) is 4.33. The van der Waals surface area contributed by atoms with Gasteiger partial charge in [0.2, 0.25) is 10.0 Å². The number of piperidine rings is 1. The first-order valence-corrected chi connectivity index (χ1v) is 13.8. The van der Waals surface area contributed by atoms with Gasteiger partial charge < -0.3 is 4.57 Å². The van der Waals surface area contributed by atoms with Crippen molar-refractivity contribution in [3.05, 3.63) is 99.7 Å². The molecule has 0 amide bonds. The van der Waals surface area contributed by atoms with Gasteiger partial charge in [-0.25, -0.2) is 17.2 Å².